The third kappa shape index (κ3) is 5.89. The fourth-order valence-electron chi connectivity index (χ4n) is 4.58. The van der Waals surface area contributed by atoms with Crippen LogP contribution in [0.5, 0.6) is 5.75 Å². The highest BCUT2D eigenvalue weighted by Crippen LogP contribution is 2.29. The maximum absolute atomic E-state index is 12.9. The maximum Gasteiger partial charge on any atom is 0.321 e. The number of hydrogen-bond donors (Lipinski definition) is 1. The van der Waals surface area contributed by atoms with Crippen molar-refractivity contribution in [1.29, 1.82) is 0 Å². The first-order valence-corrected chi connectivity index (χ1v) is 13.0. The van der Waals surface area contributed by atoms with E-state index in [1.807, 2.05) is 78.6 Å². The molecule has 2 heterocycles. The first kappa shape index (κ1) is 25.5. The molecular formula is C30H30ClN5O2. The zero-order valence-corrected chi connectivity index (χ0v) is 22.3. The van der Waals surface area contributed by atoms with Gasteiger partial charge in [-0.25, -0.2) is 14.8 Å². The van der Waals surface area contributed by atoms with Crippen LogP contribution in [-0.4, -0.2) is 54.2 Å². The van der Waals surface area contributed by atoms with Crippen molar-refractivity contribution < 1.29 is 9.53 Å². The predicted octanol–water partition coefficient (Wildman–Crippen LogP) is 6.06. The third-order valence-corrected chi connectivity index (χ3v) is 6.98. The Balaban J connectivity index is 1.36. The molecule has 3 aromatic carbocycles. The van der Waals surface area contributed by atoms with Crippen LogP contribution in [0, 0.1) is 6.92 Å². The lowest BCUT2D eigenvalue weighted by Crippen LogP contribution is -2.50. The molecule has 7 nitrogen and oxygen atoms in total. The number of anilines is 2. The summed E-state index contributed by atoms with van der Waals surface area (Å²) in [5, 5.41) is 3.66. The largest absolute Gasteiger partial charge is 0.497 e. The Hall–Kier alpha value is -4.10. The second-order valence-corrected chi connectivity index (χ2v) is 9.67. The summed E-state index contributed by atoms with van der Waals surface area (Å²) in [6, 6.07) is 25.2. The van der Waals surface area contributed by atoms with Gasteiger partial charge in [0, 0.05) is 60.1 Å². The van der Waals surface area contributed by atoms with E-state index < -0.39 is 0 Å². The number of piperazine rings is 1. The van der Waals surface area contributed by atoms with Gasteiger partial charge in [0.1, 0.15) is 11.6 Å². The number of aryl methyl sites for hydroxylation is 1. The summed E-state index contributed by atoms with van der Waals surface area (Å²) in [4.78, 5) is 26.9. The summed E-state index contributed by atoms with van der Waals surface area (Å²) in [5.41, 5.74) is 4.91. The van der Waals surface area contributed by atoms with E-state index in [1.54, 1.807) is 7.11 Å². The minimum Gasteiger partial charge on any atom is -0.497 e. The number of hydrogen-bond acceptors (Lipinski definition) is 5. The van der Waals surface area contributed by atoms with Gasteiger partial charge in [0.15, 0.2) is 5.82 Å². The Bertz CT molecular complexity index is 1390. The molecule has 8 heteroatoms. The number of carbonyl (C=O) groups is 1. The Kier molecular flexibility index (Phi) is 7.75. The van der Waals surface area contributed by atoms with Crippen LogP contribution in [0.4, 0.5) is 16.3 Å². The molecule has 38 heavy (non-hydrogen) atoms. The number of carbonyl (C=O) groups excluding carboxylic acids is 1. The van der Waals surface area contributed by atoms with Gasteiger partial charge in [-0.15, -0.1) is 0 Å². The van der Waals surface area contributed by atoms with Crippen LogP contribution in [-0.2, 0) is 6.42 Å². The van der Waals surface area contributed by atoms with Crippen LogP contribution < -0.4 is 15.0 Å². The zero-order chi connectivity index (χ0) is 26.5. The molecule has 0 bridgehead atoms. The number of methoxy groups -OCH3 is 1. The predicted molar refractivity (Wildman–Crippen MR) is 152 cm³/mol. The summed E-state index contributed by atoms with van der Waals surface area (Å²) in [6.07, 6.45) is 0.737. The number of ether oxygens (including phenoxy) is 1. The van der Waals surface area contributed by atoms with E-state index in [-0.39, 0.29) is 6.03 Å². The molecule has 0 atom stereocenters. The van der Waals surface area contributed by atoms with Crippen LogP contribution in [0.3, 0.4) is 0 Å². The minimum absolute atomic E-state index is 0.111. The first-order valence-electron chi connectivity index (χ1n) is 12.6. The number of halogens is 1. The van der Waals surface area contributed by atoms with Gasteiger partial charge in [0.05, 0.1) is 7.11 Å². The number of urea groups is 1. The fraction of sp³-hybridized carbons (Fsp3) is 0.233. The molecule has 1 aliphatic rings. The van der Waals surface area contributed by atoms with Gasteiger partial charge < -0.3 is 19.9 Å². The molecular weight excluding hydrogens is 498 g/mol. The van der Waals surface area contributed by atoms with Crippen molar-refractivity contribution in [2.24, 2.45) is 0 Å². The smallest absolute Gasteiger partial charge is 0.321 e. The molecule has 1 aromatic heterocycles. The van der Waals surface area contributed by atoms with Crippen LogP contribution in [0.1, 0.15) is 16.8 Å². The summed E-state index contributed by atoms with van der Waals surface area (Å²) < 4.78 is 5.20. The van der Waals surface area contributed by atoms with Crippen LogP contribution in [0.2, 0.25) is 5.02 Å². The average molecular weight is 528 g/mol. The van der Waals surface area contributed by atoms with Gasteiger partial charge in [-0.3, -0.25) is 0 Å². The van der Waals surface area contributed by atoms with E-state index >= 15 is 0 Å². The highest BCUT2D eigenvalue weighted by Gasteiger charge is 2.25. The maximum atomic E-state index is 12.9. The minimum atomic E-state index is -0.111. The van der Waals surface area contributed by atoms with E-state index in [0.717, 1.165) is 40.5 Å². The molecule has 0 saturated carbocycles. The quantitative estimate of drug-likeness (QED) is 0.330. The first-order chi connectivity index (χ1) is 18.5. The third-order valence-electron chi connectivity index (χ3n) is 6.73. The molecule has 0 aliphatic carbocycles. The van der Waals surface area contributed by atoms with Gasteiger partial charge in [-0.05, 0) is 61.0 Å². The van der Waals surface area contributed by atoms with E-state index in [9.17, 15) is 4.79 Å². The number of amides is 2. The Morgan fingerprint density at radius 1 is 0.921 bits per heavy atom. The molecule has 4 aromatic rings. The molecule has 1 N–H and O–H groups in total. The molecule has 1 fully saturated rings. The second kappa shape index (κ2) is 11.5. The summed E-state index contributed by atoms with van der Waals surface area (Å²) >= 11 is 6.11. The number of benzene rings is 3. The Morgan fingerprint density at radius 3 is 2.26 bits per heavy atom. The van der Waals surface area contributed by atoms with Gasteiger partial charge >= 0.3 is 6.03 Å². The average Bonchev–Trinajstić information content (AvgIpc) is 2.95. The molecule has 0 unspecified atom stereocenters. The van der Waals surface area contributed by atoms with Crippen molar-refractivity contribution in [1.82, 2.24) is 14.9 Å². The van der Waals surface area contributed by atoms with Crippen molar-refractivity contribution in [2.45, 2.75) is 13.3 Å². The van der Waals surface area contributed by atoms with Crippen LogP contribution in [0.25, 0.3) is 11.4 Å². The monoisotopic (exact) mass is 527 g/mol. The molecule has 0 radical (unpaired) electrons. The molecule has 5 rings (SSSR count). The van der Waals surface area contributed by atoms with Gasteiger partial charge in [-0.2, -0.15) is 0 Å². The SMILES string of the molecule is COc1ccc(NC(=O)N2CCN(c3nc(-c4ccc(Cl)cc4)nc(C)c3Cc3ccccc3)CC2)cc1. The van der Waals surface area contributed by atoms with Crippen LogP contribution in [0.15, 0.2) is 78.9 Å². The summed E-state index contributed by atoms with van der Waals surface area (Å²) in [5.74, 6) is 2.34. The Labute approximate surface area is 228 Å². The van der Waals surface area contributed by atoms with Gasteiger partial charge in [0.2, 0.25) is 0 Å². The standard InChI is InChI=1S/C30H30ClN5O2/c1-21-27(20-22-6-4-3-5-7-22)29(34-28(32-21)23-8-10-24(31)11-9-23)35-16-18-36(19-17-35)30(37)33-25-12-14-26(38-2)15-13-25/h3-15H,16-20H2,1-2H3,(H,33,37). The van der Waals surface area contributed by atoms with E-state index in [4.69, 9.17) is 26.3 Å². The molecule has 1 saturated heterocycles. The lowest BCUT2D eigenvalue weighted by atomic mass is 10.0. The van der Waals surface area contributed by atoms with Crippen molar-refractivity contribution >= 4 is 29.1 Å². The Morgan fingerprint density at radius 2 is 1.61 bits per heavy atom. The summed E-state index contributed by atoms with van der Waals surface area (Å²) in [7, 11) is 1.62. The van der Waals surface area contributed by atoms with E-state index in [2.05, 4.69) is 22.3 Å². The second-order valence-electron chi connectivity index (χ2n) is 9.24. The lowest BCUT2D eigenvalue weighted by Gasteiger charge is -2.36. The van der Waals surface area contributed by atoms with Crippen molar-refractivity contribution in [3.05, 3.63) is 101 Å². The lowest BCUT2D eigenvalue weighted by molar-refractivity contribution is 0.208. The van der Waals surface area contributed by atoms with Gasteiger partial charge in [-0.1, -0.05) is 41.9 Å². The fourth-order valence-corrected chi connectivity index (χ4v) is 4.70. The normalized spacial score (nSPS) is 13.3. The highest BCUT2D eigenvalue weighted by molar-refractivity contribution is 6.30. The topological polar surface area (TPSA) is 70.6 Å². The number of aromatic nitrogens is 2. The molecule has 194 valence electrons. The number of nitrogens with zero attached hydrogens (tertiary/aromatic N) is 4. The van der Waals surface area contributed by atoms with Crippen molar-refractivity contribution in [3.8, 4) is 17.1 Å². The van der Waals surface area contributed by atoms with Crippen LogP contribution >= 0.6 is 11.6 Å². The molecule has 1 aliphatic heterocycles. The van der Waals surface area contributed by atoms with E-state index in [0.29, 0.717) is 37.0 Å². The molecule has 2 amide bonds. The van der Waals surface area contributed by atoms with Crippen molar-refractivity contribution in [2.75, 3.05) is 43.5 Å². The highest BCUT2D eigenvalue weighted by atomic mass is 35.5. The van der Waals surface area contributed by atoms with Gasteiger partial charge in [0.25, 0.3) is 0 Å². The summed E-state index contributed by atoms with van der Waals surface area (Å²) in [6.45, 7) is 4.57. The number of rotatable bonds is 6. The van der Waals surface area contributed by atoms with Crippen molar-refractivity contribution in [3.63, 3.8) is 0 Å². The van der Waals surface area contributed by atoms with E-state index in [1.165, 1.54) is 5.56 Å². The number of nitrogens with one attached hydrogen (secondary N) is 1. The zero-order valence-electron chi connectivity index (χ0n) is 21.5. The molecule has 0 spiro atoms.